The maximum atomic E-state index is 3.88. The molecule has 0 amide bonds. The van der Waals surface area contributed by atoms with Crippen LogP contribution in [-0.2, 0) is 0 Å². The van der Waals surface area contributed by atoms with Gasteiger partial charge in [-0.25, -0.2) is 0 Å². The molecule has 1 aliphatic carbocycles. The van der Waals surface area contributed by atoms with E-state index in [0.29, 0.717) is 12.1 Å². The Morgan fingerprint density at radius 1 is 1.33 bits per heavy atom. The van der Waals surface area contributed by atoms with E-state index in [2.05, 4.69) is 66.3 Å². The quantitative estimate of drug-likeness (QED) is 0.869. The Morgan fingerprint density at radius 2 is 2.14 bits per heavy atom. The minimum atomic E-state index is 0.660. The van der Waals surface area contributed by atoms with Crippen LogP contribution in [0.1, 0.15) is 31.2 Å². The molecular weight excluding hydrogens is 276 g/mol. The molecule has 0 bridgehead atoms. The van der Waals surface area contributed by atoms with Gasteiger partial charge in [-0.1, -0.05) is 37.3 Å². The number of benzene rings is 1. The molecule has 1 saturated carbocycles. The monoisotopic (exact) mass is 304 g/mol. The minimum absolute atomic E-state index is 0.660. The maximum Gasteiger partial charge on any atom is 0.0340 e. The highest BCUT2D eigenvalue weighted by molar-refractivity contribution is 7.99. The molecule has 3 rings (SSSR count). The van der Waals surface area contributed by atoms with Gasteiger partial charge in [-0.15, -0.1) is 0 Å². The van der Waals surface area contributed by atoms with Crippen LogP contribution >= 0.6 is 11.8 Å². The van der Waals surface area contributed by atoms with Crippen LogP contribution < -0.4 is 5.32 Å². The van der Waals surface area contributed by atoms with Crippen LogP contribution in [0.2, 0.25) is 0 Å². The van der Waals surface area contributed by atoms with Crippen molar-refractivity contribution in [3.8, 4) is 0 Å². The third kappa shape index (κ3) is 3.64. The Labute approximate surface area is 133 Å². The zero-order valence-corrected chi connectivity index (χ0v) is 14.1. The summed E-state index contributed by atoms with van der Waals surface area (Å²) in [6, 6.07) is 12.5. The summed E-state index contributed by atoms with van der Waals surface area (Å²) < 4.78 is 0. The second-order valence-corrected chi connectivity index (χ2v) is 7.67. The molecule has 1 heterocycles. The van der Waals surface area contributed by atoms with Gasteiger partial charge >= 0.3 is 0 Å². The largest absolute Gasteiger partial charge is 0.312 e. The first-order valence-corrected chi connectivity index (χ1v) is 9.53. The van der Waals surface area contributed by atoms with Gasteiger partial charge in [0.1, 0.15) is 0 Å². The predicted molar refractivity (Wildman–Crippen MR) is 93.1 cm³/mol. The summed E-state index contributed by atoms with van der Waals surface area (Å²) in [5, 5.41) is 3.88. The topological polar surface area (TPSA) is 15.3 Å². The highest BCUT2D eigenvalue weighted by Crippen LogP contribution is 2.50. The van der Waals surface area contributed by atoms with E-state index in [4.69, 9.17) is 0 Å². The molecule has 21 heavy (non-hydrogen) atoms. The fourth-order valence-corrected chi connectivity index (χ4v) is 4.95. The lowest BCUT2D eigenvalue weighted by Crippen LogP contribution is -2.54. The smallest absolute Gasteiger partial charge is 0.0340 e. The van der Waals surface area contributed by atoms with Crippen molar-refractivity contribution in [2.75, 3.05) is 31.6 Å². The van der Waals surface area contributed by atoms with Crippen LogP contribution in [0.3, 0.4) is 0 Å². The molecule has 4 atom stereocenters. The minimum Gasteiger partial charge on any atom is -0.312 e. The lowest BCUT2D eigenvalue weighted by molar-refractivity contribution is 0.199. The molecule has 116 valence electrons. The van der Waals surface area contributed by atoms with Crippen molar-refractivity contribution in [1.29, 1.82) is 0 Å². The first kappa shape index (κ1) is 15.4. The molecule has 1 aromatic carbocycles. The summed E-state index contributed by atoms with van der Waals surface area (Å²) in [6.07, 6.45) is 2.59. The molecule has 1 aromatic rings. The van der Waals surface area contributed by atoms with Gasteiger partial charge in [0.05, 0.1) is 0 Å². The van der Waals surface area contributed by atoms with Crippen molar-refractivity contribution in [3.63, 3.8) is 0 Å². The van der Waals surface area contributed by atoms with Gasteiger partial charge in [0.2, 0.25) is 0 Å². The third-order valence-electron chi connectivity index (χ3n) is 5.02. The lowest BCUT2D eigenvalue weighted by Gasteiger charge is -2.38. The summed E-state index contributed by atoms with van der Waals surface area (Å²) in [6.45, 7) is 4.66. The highest BCUT2D eigenvalue weighted by Gasteiger charge is 2.47. The van der Waals surface area contributed by atoms with Gasteiger partial charge in [0.25, 0.3) is 0 Å². The Morgan fingerprint density at radius 3 is 2.86 bits per heavy atom. The van der Waals surface area contributed by atoms with Crippen molar-refractivity contribution >= 4 is 11.8 Å². The van der Waals surface area contributed by atoms with Crippen LogP contribution in [0.5, 0.6) is 0 Å². The average Bonchev–Trinajstić information content (AvgIpc) is 3.31. The number of hydrogen-bond acceptors (Lipinski definition) is 3. The van der Waals surface area contributed by atoms with Gasteiger partial charge in [-0.3, -0.25) is 0 Å². The highest BCUT2D eigenvalue weighted by atomic mass is 32.2. The summed E-state index contributed by atoms with van der Waals surface area (Å²) in [4.78, 5) is 2.59. The van der Waals surface area contributed by atoms with Crippen LogP contribution in [0, 0.1) is 5.92 Å². The molecule has 1 saturated heterocycles. The lowest BCUT2D eigenvalue weighted by atomic mass is 9.99. The van der Waals surface area contributed by atoms with Crippen molar-refractivity contribution in [1.82, 2.24) is 10.2 Å². The predicted octanol–water partition coefficient (Wildman–Crippen LogP) is 3.21. The number of nitrogens with zero attached hydrogens (tertiary/aromatic N) is 1. The molecule has 1 N–H and O–H groups in total. The molecule has 3 heteroatoms. The molecular formula is C18H28N2S. The fraction of sp³-hybridized carbons (Fsp3) is 0.667. The zero-order chi connectivity index (χ0) is 14.7. The molecule has 0 spiro atoms. The molecule has 4 unspecified atom stereocenters. The molecule has 0 radical (unpaired) electrons. The number of likely N-dealkylation sites (N-methyl/N-ethyl adjacent to an activating group) is 1. The fourth-order valence-electron chi connectivity index (χ4n) is 3.66. The summed E-state index contributed by atoms with van der Waals surface area (Å²) in [7, 11) is 2.31. The summed E-state index contributed by atoms with van der Waals surface area (Å²) >= 11 is 2.13. The van der Waals surface area contributed by atoms with Gasteiger partial charge in [-0.2, -0.15) is 11.8 Å². The molecule has 0 aromatic heterocycles. The van der Waals surface area contributed by atoms with Gasteiger partial charge in [0.15, 0.2) is 0 Å². The van der Waals surface area contributed by atoms with E-state index in [-0.39, 0.29) is 0 Å². The van der Waals surface area contributed by atoms with E-state index < -0.39 is 0 Å². The van der Waals surface area contributed by atoms with Crippen LogP contribution in [0.4, 0.5) is 0 Å². The van der Waals surface area contributed by atoms with E-state index in [1.807, 2.05) is 0 Å². The zero-order valence-electron chi connectivity index (χ0n) is 13.3. The van der Waals surface area contributed by atoms with Gasteiger partial charge in [-0.05, 0) is 43.8 Å². The number of rotatable bonds is 6. The van der Waals surface area contributed by atoms with Crippen molar-refractivity contribution in [2.45, 2.75) is 37.8 Å². The van der Waals surface area contributed by atoms with Crippen molar-refractivity contribution in [3.05, 3.63) is 35.9 Å². The van der Waals surface area contributed by atoms with E-state index in [9.17, 15) is 0 Å². The Balaban J connectivity index is 1.68. The Bertz CT molecular complexity index is 436. The van der Waals surface area contributed by atoms with Crippen molar-refractivity contribution in [2.24, 2.45) is 5.92 Å². The average molecular weight is 305 g/mol. The maximum absolute atomic E-state index is 3.88. The molecule has 2 fully saturated rings. The van der Waals surface area contributed by atoms with Crippen molar-refractivity contribution < 1.29 is 0 Å². The molecule has 2 nitrogen and oxygen atoms in total. The SMILES string of the molecule is CCCNC(C1CC1c1ccccc1)C1CSCCN1C. The van der Waals surface area contributed by atoms with Crippen LogP contribution in [-0.4, -0.2) is 48.6 Å². The second kappa shape index (κ2) is 7.17. The number of thioether (sulfide) groups is 1. The van der Waals surface area contributed by atoms with E-state index >= 15 is 0 Å². The summed E-state index contributed by atoms with van der Waals surface area (Å²) in [5.41, 5.74) is 1.54. The summed E-state index contributed by atoms with van der Waals surface area (Å²) in [5.74, 6) is 4.18. The normalized spacial score (nSPS) is 31.0. The van der Waals surface area contributed by atoms with E-state index in [0.717, 1.165) is 18.4 Å². The van der Waals surface area contributed by atoms with Crippen LogP contribution in [0.15, 0.2) is 30.3 Å². The molecule has 2 aliphatic rings. The third-order valence-corrected chi connectivity index (χ3v) is 6.06. The molecule has 1 aliphatic heterocycles. The first-order valence-electron chi connectivity index (χ1n) is 8.37. The van der Waals surface area contributed by atoms with E-state index in [1.165, 1.54) is 36.5 Å². The number of hydrogen-bond donors (Lipinski definition) is 1. The first-order chi connectivity index (χ1) is 10.3. The van der Waals surface area contributed by atoms with Gasteiger partial charge in [0, 0.05) is 30.1 Å². The number of nitrogens with one attached hydrogen (secondary N) is 1. The Kier molecular flexibility index (Phi) is 5.25. The second-order valence-electron chi connectivity index (χ2n) is 6.52. The van der Waals surface area contributed by atoms with E-state index in [1.54, 1.807) is 0 Å². The standard InChI is InChI=1S/C18H28N2S/c1-3-9-19-18(17-13-21-11-10-20(17)2)16-12-15(16)14-7-5-4-6-8-14/h4-8,15-19H,3,9-13H2,1-2H3. The van der Waals surface area contributed by atoms with Crippen LogP contribution in [0.25, 0.3) is 0 Å². The van der Waals surface area contributed by atoms with Gasteiger partial charge < -0.3 is 10.2 Å². The Hall–Kier alpha value is -0.510.